The summed E-state index contributed by atoms with van der Waals surface area (Å²) in [5.41, 5.74) is 0. The van der Waals surface area contributed by atoms with Crippen molar-refractivity contribution in [2.45, 2.75) is 30.6 Å². The number of hydrogen-bond donors (Lipinski definition) is 1. The molecule has 0 aliphatic rings. The second-order valence-corrected chi connectivity index (χ2v) is 6.02. The highest BCUT2D eigenvalue weighted by Crippen LogP contribution is 2.20. The Morgan fingerprint density at radius 3 is 2.55 bits per heavy atom. The molecular formula is C9H12F3N3O4S. The molecule has 0 saturated carbocycles. The number of carboxylic acid groups (broad SMARTS) is 1. The largest absolute Gasteiger partial charge is 0.480 e. The van der Waals surface area contributed by atoms with Gasteiger partial charge < -0.3 is 5.11 Å². The number of hydrogen-bond acceptors (Lipinski definition) is 4. The molecular weight excluding hydrogens is 303 g/mol. The van der Waals surface area contributed by atoms with Crippen molar-refractivity contribution >= 4 is 16.0 Å². The van der Waals surface area contributed by atoms with Crippen LogP contribution in [0.2, 0.25) is 0 Å². The van der Waals surface area contributed by atoms with Crippen LogP contribution in [0.25, 0.3) is 0 Å². The van der Waals surface area contributed by atoms with Crippen LogP contribution >= 0.6 is 0 Å². The van der Waals surface area contributed by atoms with Crippen molar-refractivity contribution < 1.29 is 31.5 Å². The third-order valence-corrected chi connectivity index (χ3v) is 4.41. The van der Waals surface area contributed by atoms with E-state index in [0.717, 1.165) is 20.2 Å². The van der Waals surface area contributed by atoms with Gasteiger partial charge in [-0.05, 0) is 6.92 Å². The van der Waals surface area contributed by atoms with E-state index < -0.39 is 39.7 Å². The normalized spacial score (nSPS) is 14.5. The second-order valence-electron chi connectivity index (χ2n) is 4.02. The zero-order valence-electron chi connectivity index (χ0n) is 10.5. The minimum Gasteiger partial charge on any atom is -0.480 e. The monoisotopic (exact) mass is 315 g/mol. The summed E-state index contributed by atoms with van der Waals surface area (Å²) >= 11 is 0. The van der Waals surface area contributed by atoms with Gasteiger partial charge in [0.1, 0.15) is 17.5 Å². The maximum atomic E-state index is 12.1. The molecule has 1 heterocycles. The highest BCUT2D eigenvalue weighted by molar-refractivity contribution is 7.89. The van der Waals surface area contributed by atoms with Crippen LogP contribution in [-0.4, -0.2) is 52.8 Å². The number of likely N-dealkylation sites (N-methyl/N-ethyl adjacent to an activating group) is 1. The highest BCUT2D eigenvalue weighted by Gasteiger charge is 2.32. The van der Waals surface area contributed by atoms with Gasteiger partial charge in [-0.3, -0.25) is 9.48 Å². The lowest BCUT2D eigenvalue weighted by atomic mass is 10.4. The van der Waals surface area contributed by atoms with Gasteiger partial charge in [0, 0.05) is 13.2 Å². The molecule has 7 nitrogen and oxygen atoms in total. The van der Waals surface area contributed by atoms with Crippen LogP contribution in [0.5, 0.6) is 0 Å². The molecule has 0 spiro atoms. The molecule has 114 valence electrons. The third kappa shape index (κ3) is 3.70. The van der Waals surface area contributed by atoms with E-state index in [-0.39, 0.29) is 0 Å². The Labute approximate surface area is 112 Å². The average Bonchev–Trinajstić information content (AvgIpc) is 2.73. The topological polar surface area (TPSA) is 92.5 Å². The van der Waals surface area contributed by atoms with Gasteiger partial charge in [-0.15, -0.1) is 0 Å². The van der Waals surface area contributed by atoms with Gasteiger partial charge in [0.25, 0.3) is 0 Å². The molecule has 0 amide bonds. The molecule has 11 heteroatoms. The predicted octanol–water partition coefficient (Wildman–Crippen LogP) is 0.539. The van der Waals surface area contributed by atoms with E-state index in [1.807, 2.05) is 0 Å². The van der Waals surface area contributed by atoms with Gasteiger partial charge in [0.15, 0.2) is 0 Å². The Hall–Kier alpha value is -1.62. The smallest absolute Gasteiger partial charge is 0.408 e. The summed E-state index contributed by atoms with van der Waals surface area (Å²) in [6.07, 6.45) is -3.09. The Balaban J connectivity index is 3.03. The fraction of sp³-hybridized carbons (Fsp3) is 0.556. The number of carbonyl (C=O) groups is 1. The molecule has 1 rings (SSSR count). The van der Waals surface area contributed by atoms with Crippen LogP contribution in [0.4, 0.5) is 13.2 Å². The van der Waals surface area contributed by atoms with Gasteiger partial charge in [-0.25, -0.2) is 8.42 Å². The first kappa shape index (κ1) is 16.4. The minimum absolute atomic E-state index is 0.423. The second kappa shape index (κ2) is 5.40. The van der Waals surface area contributed by atoms with E-state index in [1.165, 1.54) is 0 Å². The number of aliphatic carboxylic acids is 1. The lowest BCUT2D eigenvalue weighted by Gasteiger charge is -2.19. The Bertz CT molecular complexity index is 596. The number of alkyl halides is 3. The summed E-state index contributed by atoms with van der Waals surface area (Å²) < 4.78 is 61.4. The molecule has 1 unspecified atom stereocenters. The molecule has 1 atom stereocenters. The van der Waals surface area contributed by atoms with Gasteiger partial charge in [0.05, 0.1) is 6.20 Å². The SMILES string of the molecule is CC(C(=O)O)N(C)S(=O)(=O)c1cnn(CC(F)(F)F)c1. The zero-order chi connectivity index (χ0) is 15.7. The minimum atomic E-state index is -4.53. The van der Waals surface area contributed by atoms with E-state index in [9.17, 15) is 26.4 Å². The van der Waals surface area contributed by atoms with Crippen LogP contribution in [0, 0.1) is 0 Å². The first-order valence-corrected chi connectivity index (χ1v) is 6.69. The van der Waals surface area contributed by atoms with Crippen LogP contribution in [-0.2, 0) is 21.4 Å². The quantitative estimate of drug-likeness (QED) is 0.856. The molecule has 0 aliphatic carbocycles. The predicted molar refractivity (Wildman–Crippen MR) is 60.3 cm³/mol. The summed E-state index contributed by atoms with van der Waals surface area (Å²) in [5, 5.41) is 12.0. The van der Waals surface area contributed by atoms with Crippen LogP contribution in [0.15, 0.2) is 17.3 Å². The average molecular weight is 315 g/mol. The van der Waals surface area contributed by atoms with Gasteiger partial charge in [0.2, 0.25) is 10.0 Å². The number of sulfonamides is 1. The molecule has 1 aromatic rings. The van der Waals surface area contributed by atoms with Gasteiger partial charge in [-0.2, -0.15) is 22.6 Å². The van der Waals surface area contributed by atoms with Crippen LogP contribution in [0.1, 0.15) is 6.92 Å². The zero-order valence-corrected chi connectivity index (χ0v) is 11.3. The Morgan fingerprint density at radius 1 is 1.55 bits per heavy atom. The van der Waals surface area contributed by atoms with Crippen molar-refractivity contribution in [3.05, 3.63) is 12.4 Å². The molecule has 0 radical (unpaired) electrons. The molecule has 0 aromatic carbocycles. The number of carboxylic acids is 1. The van der Waals surface area contributed by atoms with Crippen molar-refractivity contribution in [1.29, 1.82) is 0 Å². The number of aromatic nitrogens is 2. The summed E-state index contributed by atoms with van der Waals surface area (Å²) in [6.45, 7) is -0.291. The Morgan fingerprint density at radius 2 is 2.10 bits per heavy atom. The summed E-state index contributed by atoms with van der Waals surface area (Å²) in [7, 11) is -3.19. The van der Waals surface area contributed by atoms with E-state index >= 15 is 0 Å². The van der Waals surface area contributed by atoms with Crippen LogP contribution in [0.3, 0.4) is 0 Å². The number of rotatable bonds is 5. The third-order valence-electron chi connectivity index (χ3n) is 2.53. The fourth-order valence-corrected chi connectivity index (χ4v) is 2.55. The maximum absolute atomic E-state index is 12.1. The maximum Gasteiger partial charge on any atom is 0.408 e. The van der Waals surface area contributed by atoms with E-state index in [1.54, 1.807) is 0 Å². The van der Waals surface area contributed by atoms with E-state index in [4.69, 9.17) is 5.11 Å². The van der Waals surface area contributed by atoms with E-state index in [2.05, 4.69) is 5.10 Å². The van der Waals surface area contributed by atoms with Gasteiger partial charge in [-0.1, -0.05) is 0 Å². The molecule has 1 aromatic heterocycles. The van der Waals surface area contributed by atoms with E-state index in [0.29, 0.717) is 15.2 Å². The first-order chi connectivity index (χ1) is 8.95. The van der Waals surface area contributed by atoms with Crippen molar-refractivity contribution in [3.8, 4) is 0 Å². The summed E-state index contributed by atoms with van der Waals surface area (Å²) in [6, 6.07) is -1.36. The summed E-state index contributed by atoms with van der Waals surface area (Å²) in [5.74, 6) is -1.38. The van der Waals surface area contributed by atoms with Crippen molar-refractivity contribution in [1.82, 2.24) is 14.1 Å². The Kier molecular flexibility index (Phi) is 4.44. The standard InChI is InChI=1S/C9H12F3N3O4S/c1-6(8(16)17)14(2)20(18,19)7-3-13-15(4-7)5-9(10,11)12/h3-4,6H,5H2,1-2H3,(H,16,17). The molecule has 0 saturated heterocycles. The van der Waals surface area contributed by atoms with Crippen molar-refractivity contribution in [2.75, 3.05) is 7.05 Å². The molecule has 0 aliphatic heterocycles. The highest BCUT2D eigenvalue weighted by atomic mass is 32.2. The van der Waals surface area contributed by atoms with Gasteiger partial charge >= 0.3 is 12.1 Å². The molecule has 1 N–H and O–H groups in total. The lowest BCUT2D eigenvalue weighted by Crippen LogP contribution is -2.40. The summed E-state index contributed by atoms with van der Waals surface area (Å²) in [4.78, 5) is 10.2. The first-order valence-electron chi connectivity index (χ1n) is 5.25. The number of nitrogens with zero attached hydrogens (tertiary/aromatic N) is 3. The lowest BCUT2D eigenvalue weighted by molar-refractivity contribution is -0.142. The number of halogens is 3. The molecule has 0 fully saturated rings. The fourth-order valence-electron chi connectivity index (χ4n) is 1.28. The van der Waals surface area contributed by atoms with Crippen molar-refractivity contribution in [3.63, 3.8) is 0 Å². The molecule has 0 bridgehead atoms. The van der Waals surface area contributed by atoms with Crippen LogP contribution < -0.4 is 0 Å². The van der Waals surface area contributed by atoms with Crippen molar-refractivity contribution in [2.24, 2.45) is 0 Å². The molecule has 20 heavy (non-hydrogen) atoms.